The van der Waals surface area contributed by atoms with Gasteiger partial charge >= 0.3 is 11.9 Å². The van der Waals surface area contributed by atoms with Gasteiger partial charge < -0.3 is 10.2 Å². The summed E-state index contributed by atoms with van der Waals surface area (Å²) in [6, 6.07) is 6.88. The molecule has 1 aliphatic rings. The first kappa shape index (κ1) is 17.1. The summed E-state index contributed by atoms with van der Waals surface area (Å²) in [7, 11) is 0. The molecule has 25 heavy (non-hydrogen) atoms. The van der Waals surface area contributed by atoms with E-state index in [1.807, 2.05) is 12.1 Å². The molecule has 2 aromatic heterocycles. The lowest BCUT2D eigenvalue weighted by atomic mass is 9.94. The topological polar surface area (TPSA) is 109 Å². The number of pyridine rings is 1. The molecule has 1 unspecified atom stereocenters. The van der Waals surface area contributed by atoms with Gasteiger partial charge in [-0.05, 0) is 37.6 Å². The Kier molecular flexibility index (Phi) is 5.08. The highest BCUT2D eigenvalue weighted by molar-refractivity contribution is 5.85. The van der Waals surface area contributed by atoms with Gasteiger partial charge in [0.2, 0.25) is 0 Å². The van der Waals surface area contributed by atoms with Gasteiger partial charge in [-0.15, -0.1) is 0 Å². The van der Waals surface area contributed by atoms with Crippen LogP contribution >= 0.6 is 0 Å². The molecule has 3 heterocycles. The zero-order valence-corrected chi connectivity index (χ0v) is 13.7. The van der Waals surface area contributed by atoms with E-state index < -0.39 is 11.9 Å². The summed E-state index contributed by atoms with van der Waals surface area (Å²) in [5.41, 5.74) is 1.70. The molecule has 0 aliphatic carbocycles. The number of likely N-dealkylation sites (tertiary alicyclic amines) is 1. The van der Waals surface area contributed by atoms with Crippen molar-refractivity contribution in [3.63, 3.8) is 0 Å². The van der Waals surface area contributed by atoms with Crippen LogP contribution in [0.1, 0.15) is 40.6 Å². The van der Waals surface area contributed by atoms with E-state index in [9.17, 15) is 9.59 Å². The van der Waals surface area contributed by atoms with Gasteiger partial charge in [0, 0.05) is 30.9 Å². The minimum Gasteiger partial charge on any atom is -0.480 e. The van der Waals surface area contributed by atoms with E-state index in [-0.39, 0.29) is 18.2 Å². The second-order valence-corrected chi connectivity index (χ2v) is 6.20. The highest BCUT2D eigenvalue weighted by atomic mass is 16.4. The highest BCUT2D eigenvalue weighted by Gasteiger charge is 2.25. The van der Waals surface area contributed by atoms with Gasteiger partial charge in [-0.2, -0.15) is 5.10 Å². The van der Waals surface area contributed by atoms with Crippen molar-refractivity contribution in [2.45, 2.75) is 31.8 Å². The molecule has 1 saturated heterocycles. The van der Waals surface area contributed by atoms with Crippen LogP contribution in [0, 0.1) is 0 Å². The van der Waals surface area contributed by atoms with Crippen LogP contribution in [-0.2, 0) is 17.9 Å². The molecule has 8 nitrogen and oxygen atoms in total. The van der Waals surface area contributed by atoms with Crippen molar-refractivity contribution in [2.24, 2.45) is 0 Å². The summed E-state index contributed by atoms with van der Waals surface area (Å²) < 4.78 is 1.54. The number of hydrogen-bond donors (Lipinski definition) is 2. The minimum atomic E-state index is -1.03. The first-order valence-corrected chi connectivity index (χ1v) is 8.18. The van der Waals surface area contributed by atoms with E-state index in [1.165, 1.54) is 6.07 Å². The second kappa shape index (κ2) is 7.43. The molecule has 1 aliphatic heterocycles. The highest BCUT2D eigenvalue weighted by Crippen LogP contribution is 2.27. The molecule has 1 fully saturated rings. The number of carboxylic acid groups (broad SMARTS) is 2. The predicted molar refractivity (Wildman–Crippen MR) is 88.3 cm³/mol. The van der Waals surface area contributed by atoms with E-state index in [0.29, 0.717) is 6.54 Å². The minimum absolute atomic E-state index is 0.0468. The molecular formula is C17H20N4O4. The molecule has 132 valence electrons. The Balaban J connectivity index is 1.69. The number of aromatic carboxylic acids is 1. The van der Waals surface area contributed by atoms with Crippen molar-refractivity contribution in [3.8, 4) is 0 Å². The fraction of sp³-hybridized carbons (Fsp3) is 0.412. The van der Waals surface area contributed by atoms with Gasteiger partial charge in [0.25, 0.3) is 0 Å². The molecular weight excluding hydrogens is 324 g/mol. The zero-order chi connectivity index (χ0) is 17.8. The van der Waals surface area contributed by atoms with E-state index in [0.717, 1.165) is 37.3 Å². The number of nitrogens with zero attached hydrogens (tertiary/aromatic N) is 4. The van der Waals surface area contributed by atoms with Crippen LogP contribution in [0.4, 0.5) is 0 Å². The number of rotatable bonds is 6. The number of aromatic nitrogens is 3. The van der Waals surface area contributed by atoms with Gasteiger partial charge in [-0.3, -0.25) is 14.4 Å². The lowest BCUT2D eigenvalue weighted by Gasteiger charge is -2.32. The number of hydrogen-bond acceptors (Lipinski definition) is 5. The second-order valence-electron chi connectivity index (χ2n) is 6.20. The summed E-state index contributed by atoms with van der Waals surface area (Å²) >= 11 is 0. The number of aliphatic carboxylic acids is 1. The van der Waals surface area contributed by atoms with Gasteiger partial charge in [0.15, 0.2) is 0 Å². The Morgan fingerprint density at radius 1 is 1.24 bits per heavy atom. The average molecular weight is 344 g/mol. The predicted octanol–water partition coefficient (Wildman–Crippen LogP) is 1.44. The first-order chi connectivity index (χ1) is 12.0. The van der Waals surface area contributed by atoms with E-state index in [1.54, 1.807) is 16.9 Å². The normalized spacial score (nSPS) is 18.2. The molecule has 0 bridgehead atoms. The lowest BCUT2D eigenvalue weighted by molar-refractivity contribution is -0.137. The number of carbonyl (C=O) groups is 2. The van der Waals surface area contributed by atoms with Crippen LogP contribution < -0.4 is 0 Å². The molecule has 0 aromatic carbocycles. The van der Waals surface area contributed by atoms with Gasteiger partial charge in [0.05, 0.1) is 5.69 Å². The Labute approximate surface area is 144 Å². The van der Waals surface area contributed by atoms with Crippen LogP contribution in [0.25, 0.3) is 0 Å². The first-order valence-electron chi connectivity index (χ1n) is 8.18. The van der Waals surface area contributed by atoms with Gasteiger partial charge in [-0.25, -0.2) is 9.78 Å². The monoisotopic (exact) mass is 344 g/mol. The van der Waals surface area contributed by atoms with E-state index in [2.05, 4.69) is 15.0 Å². The van der Waals surface area contributed by atoms with Gasteiger partial charge in [-0.1, -0.05) is 6.07 Å². The maximum Gasteiger partial charge on any atom is 0.354 e. The SMILES string of the molecule is O=C(O)Cn1nccc1C1CCCN(Cc2cccc(C(=O)O)n2)C1. The molecule has 1 atom stereocenters. The summed E-state index contributed by atoms with van der Waals surface area (Å²) in [5, 5.41) is 22.2. The Morgan fingerprint density at radius 2 is 2.08 bits per heavy atom. The molecule has 0 spiro atoms. The summed E-state index contributed by atoms with van der Waals surface area (Å²) in [5.74, 6) is -1.73. The van der Waals surface area contributed by atoms with Crippen LogP contribution in [0.3, 0.4) is 0 Å². The Morgan fingerprint density at radius 3 is 2.84 bits per heavy atom. The van der Waals surface area contributed by atoms with Crippen molar-refractivity contribution in [1.29, 1.82) is 0 Å². The molecule has 2 N–H and O–H groups in total. The Bertz CT molecular complexity index is 774. The molecule has 8 heteroatoms. The van der Waals surface area contributed by atoms with Crippen molar-refractivity contribution in [3.05, 3.63) is 47.5 Å². The Hall–Kier alpha value is -2.74. The van der Waals surface area contributed by atoms with Crippen molar-refractivity contribution in [2.75, 3.05) is 13.1 Å². The van der Waals surface area contributed by atoms with E-state index in [4.69, 9.17) is 10.2 Å². The van der Waals surface area contributed by atoms with Crippen LogP contribution in [0.2, 0.25) is 0 Å². The van der Waals surface area contributed by atoms with Crippen molar-refractivity contribution < 1.29 is 19.8 Å². The third kappa shape index (κ3) is 4.21. The molecule has 3 rings (SSSR count). The smallest absolute Gasteiger partial charge is 0.354 e. The van der Waals surface area contributed by atoms with Crippen molar-refractivity contribution >= 4 is 11.9 Å². The largest absolute Gasteiger partial charge is 0.480 e. The number of carboxylic acids is 2. The summed E-state index contributed by atoms with van der Waals surface area (Å²) in [6.45, 7) is 2.11. The quantitative estimate of drug-likeness (QED) is 0.816. The maximum absolute atomic E-state index is 11.0. The fourth-order valence-electron chi connectivity index (χ4n) is 3.31. The van der Waals surface area contributed by atoms with Crippen LogP contribution in [0.15, 0.2) is 30.5 Å². The van der Waals surface area contributed by atoms with Crippen molar-refractivity contribution in [1.82, 2.24) is 19.7 Å². The van der Waals surface area contributed by atoms with Crippen LogP contribution in [-0.4, -0.2) is 54.9 Å². The van der Waals surface area contributed by atoms with Crippen LogP contribution in [0.5, 0.6) is 0 Å². The summed E-state index contributed by atoms with van der Waals surface area (Å²) in [4.78, 5) is 28.4. The number of piperidine rings is 1. The third-order valence-corrected chi connectivity index (χ3v) is 4.37. The van der Waals surface area contributed by atoms with Gasteiger partial charge in [0.1, 0.15) is 12.2 Å². The zero-order valence-electron chi connectivity index (χ0n) is 13.7. The standard InChI is InChI=1S/C17H20N4O4/c22-16(23)11-21-15(6-7-18-21)12-3-2-8-20(9-12)10-13-4-1-5-14(19-13)17(24)25/h1,4-7,12H,2-3,8-11H2,(H,22,23)(H,24,25). The third-order valence-electron chi connectivity index (χ3n) is 4.37. The molecule has 0 amide bonds. The molecule has 0 saturated carbocycles. The maximum atomic E-state index is 11.0. The lowest BCUT2D eigenvalue weighted by Crippen LogP contribution is -2.35. The van der Waals surface area contributed by atoms with E-state index >= 15 is 0 Å². The fourth-order valence-corrected chi connectivity index (χ4v) is 3.31. The summed E-state index contributed by atoms with van der Waals surface area (Å²) in [6.07, 6.45) is 3.60. The molecule has 0 radical (unpaired) electrons. The average Bonchev–Trinajstić information content (AvgIpc) is 3.02. The molecule has 2 aromatic rings.